The molecule has 1 N–H and O–H groups in total. The molecule has 0 fully saturated rings. The lowest BCUT2D eigenvalue weighted by Gasteiger charge is -2.07. The maximum atomic E-state index is 13.4. The molecule has 1 aromatic carbocycles. The van der Waals surface area contributed by atoms with Crippen molar-refractivity contribution in [3.05, 3.63) is 53.4 Å². The monoisotopic (exact) mass is 246 g/mol. The summed E-state index contributed by atoms with van der Waals surface area (Å²) in [5, 5.41) is 11.6. The highest BCUT2D eigenvalue weighted by Crippen LogP contribution is 2.16. The highest BCUT2D eigenvalue weighted by molar-refractivity contribution is 5.66. The molecule has 0 aliphatic rings. The van der Waals surface area contributed by atoms with Gasteiger partial charge in [0.25, 0.3) is 0 Å². The lowest BCUT2D eigenvalue weighted by molar-refractivity contribution is 0.623. The average molecular weight is 246 g/mol. The van der Waals surface area contributed by atoms with Crippen LogP contribution in [0.4, 0.5) is 4.39 Å². The normalized spacial score (nSPS) is 9.89. The minimum Gasteiger partial charge on any atom is -0.388 e. The Kier molecular flexibility index (Phi) is 7.14. The Labute approximate surface area is 108 Å². The molecule has 0 aromatic heterocycles. The average Bonchev–Trinajstić information content (AvgIpc) is 2.38. The second-order valence-electron chi connectivity index (χ2n) is 3.46. The fourth-order valence-electron chi connectivity index (χ4n) is 1.32. The van der Waals surface area contributed by atoms with E-state index < -0.39 is 5.82 Å². The highest BCUT2D eigenvalue weighted by atomic mass is 19.1. The molecule has 1 rings (SSSR count). The van der Waals surface area contributed by atoms with E-state index in [4.69, 9.17) is 5.26 Å². The van der Waals surface area contributed by atoms with Crippen molar-refractivity contribution in [3.63, 3.8) is 0 Å². The number of halogens is 1. The number of hydrogen-bond donors (Lipinski definition) is 1. The van der Waals surface area contributed by atoms with Gasteiger partial charge in [-0.2, -0.15) is 5.26 Å². The topological polar surface area (TPSA) is 35.8 Å². The second-order valence-corrected chi connectivity index (χ2v) is 3.46. The largest absolute Gasteiger partial charge is 0.388 e. The number of nitrogens with one attached hydrogen (secondary N) is 1. The Hall–Kier alpha value is -2.08. The van der Waals surface area contributed by atoms with Crippen LogP contribution in [0.25, 0.3) is 5.70 Å². The molecule has 3 heteroatoms. The van der Waals surface area contributed by atoms with Gasteiger partial charge in [-0.1, -0.05) is 32.1 Å². The molecule has 0 radical (unpaired) electrons. The standard InChI is InChI=1S/C13H13FN2.C2H6/c1-9(2)6-13(16-3)10-4-5-11(8-15)12(14)7-10;1-2/h4-7,16H,1H2,2-3H3;1-2H3/b13-6-;. The summed E-state index contributed by atoms with van der Waals surface area (Å²) < 4.78 is 13.4. The van der Waals surface area contributed by atoms with Crippen molar-refractivity contribution in [2.75, 3.05) is 7.05 Å². The van der Waals surface area contributed by atoms with Crippen LogP contribution in [0, 0.1) is 17.1 Å². The van der Waals surface area contributed by atoms with Crippen LogP contribution in [0.15, 0.2) is 36.4 Å². The predicted octanol–water partition coefficient (Wildman–Crippen LogP) is 3.86. The van der Waals surface area contributed by atoms with Crippen LogP contribution in [-0.2, 0) is 0 Å². The summed E-state index contributed by atoms with van der Waals surface area (Å²) in [5.41, 5.74) is 2.39. The van der Waals surface area contributed by atoms with Gasteiger partial charge in [0.15, 0.2) is 0 Å². The number of nitrogens with zero attached hydrogens (tertiary/aromatic N) is 1. The molecule has 0 spiro atoms. The van der Waals surface area contributed by atoms with E-state index in [0.29, 0.717) is 5.56 Å². The van der Waals surface area contributed by atoms with Gasteiger partial charge in [0.2, 0.25) is 0 Å². The maximum absolute atomic E-state index is 13.4. The summed E-state index contributed by atoms with van der Waals surface area (Å²) in [6.07, 6.45) is 1.82. The van der Waals surface area contributed by atoms with Gasteiger partial charge in [-0.15, -0.1) is 0 Å². The first kappa shape index (κ1) is 15.9. The third-order valence-corrected chi connectivity index (χ3v) is 2.06. The maximum Gasteiger partial charge on any atom is 0.141 e. The van der Waals surface area contributed by atoms with Crippen LogP contribution in [0.2, 0.25) is 0 Å². The zero-order valence-electron chi connectivity index (χ0n) is 11.3. The van der Waals surface area contributed by atoms with Gasteiger partial charge in [0.1, 0.15) is 11.9 Å². The molecule has 1 aromatic rings. The van der Waals surface area contributed by atoms with Gasteiger partial charge in [-0.05, 0) is 25.1 Å². The molecule has 0 aliphatic carbocycles. The van der Waals surface area contributed by atoms with E-state index in [-0.39, 0.29) is 5.56 Å². The smallest absolute Gasteiger partial charge is 0.141 e. The van der Waals surface area contributed by atoms with Crippen LogP contribution in [0.5, 0.6) is 0 Å². The Balaban J connectivity index is 0.00000137. The number of nitriles is 1. The summed E-state index contributed by atoms with van der Waals surface area (Å²) in [4.78, 5) is 0. The Morgan fingerprint density at radius 3 is 2.44 bits per heavy atom. The molecule has 0 saturated heterocycles. The van der Waals surface area contributed by atoms with E-state index in [9.17, 15) is 4.39 Å². The number of rotatable bonds is 3. The van der Waals surface area contributed by atoms with Crippen molar-refractivity contribution >= 4 is 5.70 Å². The number of hydrogen-bond acceptors (Lipinski definition) is 2. The first-order valence-corrected chi connectivity index (χ1v) is 5.83. The van der Waals surface area contributed by atoms with Gasteiger partial charge < -0.3 is 5.32 Å². The van der Waals surface area contributed by atoms with Crippen molar-refractivity contribution in [2.24, 2.45) is 0 Å². The molecule has 0 aliphatic heterocycles. The van der Waals surface area contributed by atoms with Crippen molar-refractivity contribution in [2.45, 2.75) is 20.8 Å². The molecule has 0 bridgehead atoms. The minimum absolute atomic E-state index is 0.0505. The lowest BCUT2D eigenvalue weighted by atomic mass is 10.1. The Bertz CT molecular complexity index is 482. The van der Waals surface area contributed by atoms with Gasteiger partial charge in [-0.25, -0.2) is 4.39 Å². The van der Waals surface area contributed by atoms with Gasteiger partial charge in [-0.3, -0.25) is 0 Å². The van der Waals surface area contributed by atoms with Crippen LogP contribution in [0.3, 0.4) is 0 Å². The van der Waals surface area contributed by atoms with Crippen molar-refractivity contribution in [1.82, 2.24) is 5.32 Å². The molecule has 2 nitrogen and oxygen atoms in total. The fraction of sp³-hybridized carbons (Fsp3) is 0.267. The highest BCUT2D eigenvalue weighted by Gasteiger charge is 2.05. The molecule has 0 heterocycles. The molecule has 0 atom stereocenters. The van der Waals surface area contributed by atoms with Crippen LogP contribution in [0.1, 0.15) is 31.9 Å². The molecular formula is C15H19FN2. The predicted molar refractivity (Wildman–Crippen MR) is 74.3 cm³/mol. The van der Waals surface area contributed by atoms with Crippen molar-refractivity contribution < 1.29 is 4.39 Å². The van der Waals surface area contributed by atoms with Crippen LogP contribution >= 0.6 is 0 Å². The summed E-state index contributed by atoms with van der Waals surface area (Å²) in [6, 6.07) is 6.29. The Morgan fingerprint density at radius 2 is 2.06 bits per heavy atom. The molecule has 18 heavy (non-hydrogen) atoms. The lowest BCUT2D eigenvalue weighted by Crippen LogP contribution is -2.05. The number of allylic oxidation sites excluding steroid dienone is 2. The van der Waals surface area contributed by atoms with Crippen molar-refractivity contribution in [3.8, 4) is 6.07 Å². The van der Waals surface area contributed by atoms with E-state index in [1.807, 2.05) is 26.8 Å². The van der Waals surface area contributed by atoms with Gasteiger partial charge in [0.05, 0.1) is 5.56 Å². The van der Waals surface area contributed by atoms with E-state index in [0.717, 1.165) is 11.3 Å². The van der Waals surface area contributed by atoms with E-state index >= 15 is 0 Å². The molecule has 0 unspecified atom stereocenters. The molecule has 96 valence electrons. The molecular weight excluding hydrogens is 227 g/mol. The minimum atomic E-state index is -0.511. The summed E-state index contributed by atoms with van der Waals surface area (Å²) in [6.45, 7) is 9.62. The number of benzene rings is 1. The van der Waals surface area contributed by atoms with Gasteiger partial charge in [0, 0.05) is 18.3 Å². The van der Waals surface area contributed by atoms with Crippen LogP contribution < -0.4 is 5.32 Å². The fourth-order valence-corrected chi connectivity index (χ4v) is 1.32. The van der Waals surface area contributed by atoms with E-state index in [1.54, 1.807) is 19.2 Å². The third-order valence-electron chi connectivity index (χ3n) is 2.06. The SMILES string of the molecule is C=C(C)/C=C(\NC)c1ccc(C#N)c(F)c1.CC. The summed E-state index contributed by atoms with van der Waals surface area (Å²) in [5.74, 6) is -0.511. The van der Waals surface area contributed by atoms with Crippen molar-refractivity contribution in [1.29, 1.82) is 5.26 Å². The summed E-state index contributed by atoms with van der Waals surface area (Å²) >= 11 is 0. The summed E-state index contributed by atoms with van der Waals surface area (Å²) in [7, 11) is 1.75. The second kappa shape index (κ2) is 8.08. The molecule has 0 amide bonds. The zero-order chi connectivity index (χ0) is 14.1. The first-order valence-electron chi connectivity index (χ1n) is 5.83. The quantitative estimate of drug-likeness (QED) is 0.822. The third kappa shape index (κ3) is 4.42. The molecule has 0 saturated carbocycles. The first-order chi connectivity index (χ1) is 8.58. The Morgan fingerprint density at radius 1 is 1.44 bits per heavy atom. The van der Waals surface area contributed by atoms with Crippen LogP contribution in [-0.4, -0.2) is 7.05 Å². The van der Waals surface area contributed by atoms with E-state index in [1.165, 1.54) is 12.1 Å². The van der Waals surface area contributed by atoms with E-state index in [2.05, 4.69) is 11.9 Å². The zero-order valence-corrected chi connectivity index (χ0v) is 11.3. The van der Waals surface area contributed by atoms with Gasteiger partial charge >= 0.3 is 0 Å².